The standard InChI is InChI=1S/C16H20ClN3OS2/c1-3-14-18-11(2)15(23-14)16(21)20-8-6-19(7-9-20)10-12-4-5-13(17)22-12/h4-5H,3,6-10H2,1-2H3. The van der Waals surface area contributed by atoms with Crippen molar-refractivity contribution in [3.8, 4) is 0 Å². The number of nitrogens with zero attached hydrogens (tertiary/aromatic N) is 3. The zero-order chi connectivity index (χ0) is 16.4. The summed E-state index contributed by atoms with van der Waals surface area (Å²) >= 11 is 9.15. The second-order valence-corrected chi connectivity index (χ2v) is 8.53. The van der Waals surface area contributed by atoms with Gasteiger partial charge in [-0.15, -0.1) is 22.7 Å². The van der Waals surface area contributed by atoms with Crippen LogP contribution in [0.15, 0.2) is 12.1 Å². The molecule has 0 N–H and O–H groups in total. The van der Waals surface area contributed by atoms with Gasteiger partial charge in [0.05, 0.1) is 15.0 Å². The molecule has 23 heavy (non-hydrogen) atoms. The van der Waals surface area contributed by atoms with E-state index in [1.54, 1.807) is 11.3 Å². The van der Waals surface area contributed by atoms with Gasteiger partial charge in [-0.25, -0.2) is 4.98 Å². The van der Waals surface area contributed by atoms with Crippen molar-refractivity contribution in [3.63, 3.8) is 0 Å². The Morgan fingerprint density at radius 3 is 2.57 bits per heavy atom. The molecule has 1 aliphatic heterocycles. The molecular formula is C16H20ClN3OS2. The summed E-state index contributed by atoms with van der Waals surface area (Å²) in [6, 6.07) is 4.02. The first-order valence-electron chi connectivity index (χ1n) is 7.79. The molecule has 0 bridgehead atoms. The molecule has 3 rings (SSSR count). The third kappa shape index (κ3) is 3.94. The van der Waals surface area contributed by atoms with Crippen molar-refractivity contribution < 1.29 is 4.79 Å². The van der Waals surface area contributed by atoms with Crippen molar-refractivity contribution in [2.24, 2.45) is 0 Å². The molecule has 1 saturated heterocycles. The van der Waals surface area contributed by atoms with Crippen molar-refractivity contribution in [1.82, 2.24) is 14.8 Å². The number of aromatic nitrogens is 1. The van der Waals surface area contributed by atoms with E-state index in [0.29, 0.717) is 0 Å². The average Bonchev–Trinajstić information content (AvgIpc) is 3.13. The van der Waals surface area contributed by atoms with Crippen LogP contribution in [0.2, 0.25) is 4.34 Å². The maximum atomic E-state index is 12.7. The minimum atomic E-state index is 0.138. The van der Waals surface area contributed by atoms with Gasteiger partial charge < -0.3 is 4.90 Å². The molecule has 2 aromatic rings. The summed E-state index contributed by atoms with van der Waals surface area (Å²) < 4.78 is 0.834. The summed E-state index contributed by atoms with van der Waals surface area (Å²) in [5.74, 6) is 0.138. The van der Waals surface area contributed by atoms with Crippen molar-refractivity contribution in [3.05, 3.63) is 36.9 Å². The van der Waals surface area contributed by atoms with E-state index in [1.807, 2.05) is 17.9 Å². The van der Waals surface area contributed by atoms with Crippen LogP contribution in [-0.2, 0) is 13.0 Å². The van der Waals surface area contributed by atoms with Gasteiger partial charge in [-0.2, -0.15) is 0 Å². The Balaban J connectivity index is 1.57. The third-order valence-electron chi connectivity index (χ3n) is 4.01. The number of thiazole rings is 1. The summed E-state index contributed by atoms with van der Waals surface area (Å²) in [5.41, 5.74) is 0.868. The Hall–Kier alpha value is -0.950. The minimum absolute atomic E-state index is 0.138. The number of carbonyl (C=O) groups is 1. The molecule has 0 saturated carbocycles. The second kappa shape index (κ2) is 7.30. The Bertz CT molecular complexity index is 689. The molecule has 0 radical (unpaired) electrons. The minimum Gasteiger partial charge on any atom is -0.335 e. The van der Waals surface area contributed by atoms with E-state index in [4.69, 9.17) is 11.6 Å². The van der Waals surface area contributed by atoms with Crippen LogP contribution in [0.4, 0.5) is 0 Å². The molecule has 0 atom stereocenters. The molecule has 3 heterocycles. The first-order chi connectivity index (χ1) is 11.1. The van der Waals surface area contributed by atoms with Crippen LogP contribution in [0.1, 0.15) is 32.2 Å². The zero-order valence-corrected chi connectivity index (χ0v) is 15.7. The average molecular weight is 370 g/mol. The monoisotopic (exact) mass is 369 g/mol. The maximum absolute atomic E-state index is 12.7. The number of hydrogen-bond acceptors (Lipinski definition) is 5. The predicted octanol–water partition coefficient (Wildman–Crippen LogP) is 3.69. The lowest BCUT2D eigenvalue weighted by atomic mass is 10.2. The summed E-state index contributed by atoms with van der Waals surface area (Å²) in [6.07, 6.45) is 0.885. The highest BCUT2D eigenvalue weighted by Gasteiger charge is 2.25. The highest BCUT2D eigenvalue weighted by Crippen LogP contribution is 2.24. The van der Waals surface area contributed by atoms with E-state index in [2.05, 4.69) is 22.9 Å². The van der Waals surface area contributed by atoms with Crippen LogP contribution < -0.4 is 0 Å². The maximum Gasteiger partial charge on any atom is 0.265 e. The van der Waals surface area contributed by atoms with Gasteiger partial charge in [0.25, 0.3) is 5.91 Å². The van der Waals surface area contributed by atoms with Crippen LogP contribution in [-0.4, -0.2) is 46.9 Å². The first kappa shape index (κ1) is 16.9. The highest BCUT2D eigenvalue weighted by molar-refractivity contribution is 7.16. The van der Waals surface area contributed by atoms with E-state index in [9.17, 15) is 4.79 Å². The molecule has 0 aliphatic carbocycles. The smallest absolute Gasteiger partial charge is 0.265 e. The lowest BCUT2D eigenvalue weighted by Gasteiger charge is -2.34. The van der Waals surface area contributed by atoms with Gasteiger partial charge in [-0.05, 0) is 25.5 Å². The quantitative estimate of drug-likeness (QED) is 0.824. The molecule has 1 amide bonds. The van der Waals surface area contributed by atoms with E-state index >= 15 is 0 Å². The molecule has 4 nitrogen and oxygen atoms in total. The topological polar surface area (TPSA) is 36.4 Å². The molecule has 7 heteroatoms. The van der Waals surface area contributed by atoms with Crippen molar-refractivity contribution in [2.75, 3.05) is 26.2 Å². The Morgan fingerprint density at radius 1 is 1.26 bits per heavy atom. The van der Waals surface area contributed by atoms with Gasteiger partial charge in [0.2, 0.25) is 0 Å². The fourth-order valence-corrected chi connectivity index (χ4v) is 4.81. The van der Waals surface area contributed by atoms with Crippen LogP contribution in [0, 0.1) is 6.92 Å². The number of thiophene rings is 1. The van der Waals surface area contributed by atoms with E-state index in [0.717, 1.165) is 59.1 Å². The molecule has 2 aromatic heterocycles. The fourth-order valence-electron chi connectivity index (χ4n) is 2.71. The van der Waals surface area contributed by atoms with Crippen molar-refractivity contribution >= 4 is 40.2 Å². The zero-order valence-electron chi connectivity index (χ0n) is 13.3. The van der Waals surface area contributed by atoms with Gasteiger partial charge >= 0.3 is 0 Å². The van der Waals surface area contributed by atoms with Crippen molar-refractivity contribution in [1.29, 1.82) is 0 Å². The van der Waals surface area contributed by atoms with Crippen LogP contribution in [0.5, 0.6) is 0 Å². The molecule has 0 unspecified atom stereocenters. The Morgan fingerprint density at radius 2 is 2.00 bits per heavy atom. The van der Waals surface area contributed by atoms with Gasteiger partial charge in [0, 0.05) is 37.6 Å². The van der Waals surface area contributed by atoms with Crippen molar-refractivity contribution in [2.45, 2.75) is 26.8 Å². The molecule has 1 fully saturated rings. The number of halogens is 1. The van der Waals surface area contributed by atoms with E-state index in [-0.39, 0.29) is 5.91 Å². The molecule has 0 aromatic carbocycles. The SMILES string of the molecule is CCc1nc(C)c(C(=O)N2CCN(Cc3ccc(Cl)s3)CC2)s1. The predicted molar refractivity (Wildman–Crippen MR) is 96.7 cm³/mol. The Labute approximate surface area is 149 Å². The molecular weight excluding hydrogens is 350 g/mol. The largest absolute Gasteiger partial charge is 0.335 e. The number of piperazine rings is 1. The number of hydrogen-bond donors (Lipinski definition) is 0. The lowest BCUT2D eigenvalue weighted by Crippen LogP contribution is -2.48. The van der Waals surface area contributed by atoms with Gasteiger partial charge in [0.1, 0.15) is 4.88 Å². The lowest BCUT2D eigenvalue weighted by molar-refractivity contribution is 0.0633. The van der Waals surface area contributed by atoms with E-state index in [1.165, 1.54) is 16.2 Å². The summed E-state index contributed by atoms with van der Waals surface area (Å²) in [6.45, 7) is 8.27. The molecule has 1 aliphatic rings. The summed E-state index contributed by atoms with van der Waals surface area (Å²) in [4.78, 5) is 23.6. The number of carbonyl (C=O) groups excluding carboxylic acids is 1. The first-order valence-corrected chi connectivity index (χ1v) is 9.80. The molecule has 0 spiro atoms. The number of rotatable bonds is 4. The third-order valence-corrected chi connectivity index (χ3v) is 6.51. The normalized spacial score (nSPS) is 16.0. The Kier molecular flexibility index (Phi) is 5.36. The van der Waals surface area contributed by atoms with Crippen LogP contribution in [0.25, 0.3) is 0 Å². The fraction of sp³-hybridized carbons (Fsp3) is 0.500. The van der Waals surface area contributed by atoms with Gasteiger partial charge in [-0.3, -0.25) is 9.69 Å². The highest BCUT2D eigenvalue weighted by atomic mass is 35.5. The summed E-state index contributed by atoms with van der Waals surface area (Å²) in [5, 5.41) is 1.04. The van der Waals surface area contributed by atoms with Crippen LogP contribution >= 0.6 is 34.3 Å². The molecule has 124 valence electrons. The number of aryl methyl sites for hydroxylation is 2. The van der Waals surface area contributed by atoms with Gasteiger partial charge in [0.15, 0.2) is 0 Å². The van der Waals surface area contributed by atoms with Crippen LogP contribution in [0.3, 0.4) is 0 Å². The number of amides is 1. The van der Waals surface area contributed by atoms with E-state index < -0.39 is 0 Å². The second-order valence-electron chi connectivity index (χ2n) is 5.65. The van der Waals surface area contributed by atoms with Gasteiger partial charge in [-0.1, -0.05) is 18.5 Å². The summed E-state index contributed by atoms with van der Waals surface area (Å²) in [7, 11) is 0.